The first-order chi connectivity index (χ1) is 11.3. The highest BCUT2D eigenvalue weighted by atomic mass is 16.5. The molecule has 126 valence electrons. The zero-order chi connectivity index (χ0) is 16.3. The number of quaternary nitrogens is 1. The van der Waals surface area contributed by atoms with Crippen molar-refractivity contribution in [1.29, 1.82) is 0 Å². The van der Waals surface area contributed by atoms with E-state index in [9.17, 15) is 4.79 Å². The van der Waals surface area contributed by atoms with Crippen molar-refractivity contribution >= 4 is 12.1 Å². The molecule has 0 saturated carbocycles. The van der Waals surface area contributed by atoms with Gasteiger partial charge in [-0.25, -0.2) is 5.43 Å². The van der Waals surface area contributed by atoms with Crippen LogP contribution in [0.5, 0.6) is 5.75 Å². The van der Waals surface area contributed by atoms with E-state index in [4.69, 9.17) is 4.74 Å². The van der Waals surface area contributed by atoms with Gasteiger partial charge in [0.1, 0.15) is 5.75 Å². The van der Waals surface area contributed by atoms with Crippen LogP contribution < -0.4 is 15.1 Å². The Hall–Kier alpha value is -1.88. The molecule has 0 bridgehead atoms. The molecule has 1 saturated heterocycles. The van der Waals surface area contributed by atoms with Gasteiger partial charge in [-0.2, -0.15) is 5.10 Å². The molecule has 2 rings (SSSR count). The molecule has 0 unspecified atom stereocenters. The van der Waals surface area contributed by atoms with Crippen molar-refractivity contribution < 1.29 is 14.4 Å². The lowest BCUT2D eigenvalue weighted by Gasteiger charge is -2.20. The van der Waals surface area contributed by atoms with E-state index in [1.807, 2.05) is 31.2 Å². The molecule has 2 N–H and O–H groups in total. The van der Waals surface area contributed by atoms with E-state index in [2.05, 4.69) is 10.5 Å². The third kappa shape index (κ3) is 6.82. The summed E-state index contributed by atoms with van der Waals surface area (Å²) >= 11 is 0. The molecule has 1 amide bonds. The van der Waals surface area contributed by atoms with Gasteiger partial charge in [0, 0.05) is 0 Å². The van der Waals surface area contributed by atoms with Gasteiger partial charge >= 0.3 is 0 Å². The number of hydrogen-bond donors (Lipinski definition) is 2. The number of hydrazone groups is 1. The van der Waals surface area contributed by atoms with E-state index in [1.165, 1.54) is 37.0 Å². The highest BCUT2D eigenvalue weighted by Crippen LogP contribution is 2.10. The third-order valence-electron chi connectivity index (χ3n) is 4.07. The quantitative estimate of drug-likeness (QED) is 0.615. The van der Waals surface area contributed by atoms with Gasteiger partial charge in [-0.15, -0.1) is 0 Å². The van der Waals surface area contributed by atoms with Crippen molar-refractivity contribution in [2.45, 2.75) is 39.0 Å². The van der Waals surface area contributed by atoms with Gasteiger partial charge in [-0.1, -0.05) is 6.42 Å². The molecule has 1 aromatic carbocycles. The van der Waals surface area contributed by atoms with Crippen molar-refractivity contribution in [2.24, 2.45) is 5.10 Å². The lowest BCUT2D eigenvalue weighted by atomic mass is 10.1. The first kappa shape index (κ1) is 17.5. The summed E-state index contributed by atoms with van der Waals surface area (Å²) in [6.45, 7) is 5.31. The van der Waals surface area contributed by atoms with E-state index >= 15 is 0 Å². The van der Waals surface area contributed by atoms with Gasteiger partial charge in [-0.3, -0.25) is 4.79 Å². The summed E-state index contributed by atoms with van der Waals surface area (Å²) in [4.78, 5) is 13.3. The van der Waals surface area contributed by atoms with Gasteiger partial charge in [0.25, 0.3) is 5.91 Å². The largest absolute Gasteiger partial charge is 0.494 e. The molecule has 1 fully saturated rings. The highest BCUT2D eigenvalue weighted by Gasteiger charge is 2.14. The fourth-order valence-corrected chi connectivity index (χ4v) is 2.84. The van der Waals surface area contributed by atoms with Gasteiger partial charge < -0.3 is 9.64 Å². The number of nitrogens with one attached hydrogen (secondary N) is 2. The Bertz CT molecular complexity index is 491. The van der Waals surface area contributed by atoms with E-state index < -0.39 is 0 Å². The summed E-state index contributed by atoms with van der Waals surface area (Å²) in [5.41, 5.74) is 3.57. The summed E-state index contributed by atoms with van der Waals surface area (Å²) in [6, 6.07) is 7.64. The minimum atomic E-state index is -0.0113. The van der Waals surface area contributed by atoms with Crippen LogP contribution in [0.25, 0.3) is 0 Å². The van der Waals surface area contributed by atoms with Crippen LogP contribution in [0.3, 0.4) is 0 Å². The second-order valence-corrected chi connectivity index (χ2v) is 5.99. The molecule has 1 aromatic rings. The average molecular weight is 318 g/mol. The number of benzene rings is 1. The SMILES string of the molecule is CCOc1ccc(C=NNC(=O)C[NH+]2CCCCCCC2)cc1. The lowest BCUT2D eigenvalue weighted by molar-refractivity contribution is -0.893. The van der Waals surface area contributed by atoms with Crippen LogP contribution >= 0.6 is 0 Å². The monoisotopic (exact) mass is 318 g/mol. The Labute approximate surface area is 138 Å². The average Bonchev–Trinajstić information content (AvgIpc) is 2.52. The number of ether oxygens (including phenoxy) is 1. The number of likely N-dealkylation sites (tertiary alicyclic amines) is 1. The molecule has 0 radical (unpaired) electrons. The standard InChI is InChI=1S/C18H27N3O2/c1-2-23-17-10-8-16(9-11-17)14-19-20-18(22)15-21-12-6-4-3-5-7-13-21/h8-11,14H,2-7,12-13,15H2,1H3,(H,20,22)/p+1. The zero-order valence-electron chi connectivity index (χ0n) is 14.0. The van der Waals surface area contributed by atoms with Crippen LogP contribution in [0.2, 0.25) is 0 Å². The summed E-state index contributed by atoms with van der Waals surface area (Å²) < 4.78 is 5.39. The normalized spacial score (nSPS) is 16.7. The number of hydrogen-bond acceptors (Lipinski definition) is 3. The van der Waals surface area contributed by atoms with Gasteiger partial charge in [0.2, 0.25) is 0 Å². The summed E-state index contributed by atoms with van der Waals surface area (Å²) in [7, 11) is 0. The number of carbonyl (C=O) groups is 1. The second-order valence-electron chi connectivity index (χ2n) is 5.99. The van der Waals surface area contributed by atoms with Crippen LogP contribution in [0.4, 0.5) is 0 Å². The molecule has 1 heterocycles. The van der Waals surface area contributed by atoms with Crippen molar-refractivity contribution in [3.63, 3.8) is 0 Å². The first-order valence-corrected chi connectivity index (χ1v) is 8.66. The van der Waals surface area contributed by atoms with Crippen molar-refractivity contribution in [1.82, 2.24) is 5.43 Å². The molecule has 0 aromatic heterocycles. The fourth-order valence-electron chi connectivity index (χ4n) is 2.84. The van der Waals surface area contributed by atoms with Crippen molar-refractivity contribution in [3.05, 3.63) is 29.8 Å². The molecule has 1 aliphatic rings. The molecule has 1 aliphatic heterocycles. The minimum absolute atomic E-state index is 0.0113. The van der Waals surface area contributed by atoms with Gasteiger partial charge in [0.15, 0.2) is 6.54 Å². The zero-order valence-corrected chi connectivity index (χ0v) is 14.0. The van der Waals surface area contributed by atoms with Crippen molar-refractivity contribution in [3.8, 4) is 5.75 Å². The molecule has 5 heteroatoms. The molecule has 0 atom stereocenters. The molecular formula is C18H28N3O2+. The molecule has 23 heavy (non-hydrogen) atoms. The van der Waals surface area contributed by atoms with Crippen LogP contribution in [-0.2, 0) is 4.79 Å². The minimum Gasteiger partial charge on any atom is -0.494 e. The summed E-state index contributed by atoms with van der Waals surface area (Å²) in [6.07, 6.45) is 8.03. The number of rotatable bonds is 6. The van der Waals surface area contributed by atoms with Crippen LogP contribution in [0.1, 0.15) is 44.6 Å². The van der Waals surface area contributed by atoms with E-state index in [0.29, 0.717) is 13.2 Å². The van der Waals surface area contributed by atoms with Crippen LogP contribution in [-0.4, -0.2) is 38.4 Å². The molecule has 5 nitrogen and oxygen atoms in total. The second kappa shape index (κ2) is 10.0. The fraction of sp³-hybridized carbons (Fsp3) is 0.556. The molecular weight excluding hydrogens is 290 g/mol. The summed E-state index contributed by atoms with van der Waals surface area (Å²) in [5, 5.41) is 4.05. The summed E-state index contributed by atoms with van der Waals surface area (Å²) in [5.74, 6) is 0.831. The smallest absolute Gasteiger partial charge is 0.295 e. The maximum absolute atomic E-state index is 12.0. The predicted molar refractivity (Wildman–Crippen MR) is 92.0 cm³/mol. The molecule has 0 aliphatic carbocycles. The van der Waals surface area contributed by atoms with E-state index in [0.717, 1.165) is 24.4 Å². The maximum atomic E-state index is 12.0. The van der Waals surface area contributed by atoms with E-state index in [-0.39, 0.29) is 5.91 Å². The van der Waals surface area contributed by atoms with Gasteiger partial charge in [-0.05, 0) is 62.4 Å². The Morgan fingerprint density at radius 2 is 1.83 bits per heavy atom. The Balaban J connectivity index is 1.74. The Morgan fingerprint density at radius 1 is 1.17 bits per heavy atom. The Morgan fingerprint density at radius 3 is 2.48 bits per heavy atom. The van der Waals surface area contributed by atoms with Crippen molar-refractivity contribution in [2.75, 3.05) is 26.2 Å². The highest BCUT2D eigenvalue weighted by molar-refractivity contribution is 5.82. The van der Waals surface area contributed by atoms with Gasteiger partial charge in [0.05, 0.1) is 25.9 Å². The molecule has 0 spiro atoms. The topological polar surface area (TPSA) is 55.1 Å². The first-order valence-electron chi connectivity index (χ1n) is 8.66. The van der Waals surface area contributed by atoms with Crippen LogP contribution in [0, 0.1) is 0 Å². The number of amides is 1. The lowest BCUT2D eigenvalue weighted by Crippen LogP contribution is -3.13. The maximum Gasteiger partial charge on any atom is 0.295 e. The van der Waals surface area contributed by atoms with E-state index in [1.54, 1.807) is 6.21 Å². The predicted octanol–water partition coefficient (Wildman–Crippen LogP) is 1.38. The number of nitrogens with zero attached hydrogens (tertiary/aromatic N) is 1. The number of carbonyl (C=O) groups excluding carboxylic acids is 1. The van der Waals surface area contributed by atoms with Crippen LogP contribution in [0.15, 0.2) is 29.4 Å². The third-order valence-corrected chi connectivity index (χ3v) is 4.07. The Kier molecular flexibility index (Phi) is 7.60.